The van der Waals surface area contributed by atoms with Crippen molar-refractivity contribution in [2.24, 2.45) is 5.92 Å². The van der Waals surface area contributed by atoms with Crippen LogP contribution in [-0.2, 0) is 4.79 Å². The molecule has 0 bridgehead atoms. The Bertz CT molecular complexity index is 732. The fourth-order valence-corrected chi connectivity index (χ4v) is 5.65. The molecular formula is C23H35ClN4O2. The van der Waals surface area contributed by atoms with Gasteiger partial charge in [-0.2, -0.15) is 0 Å². The van der Waals surface area contributed by atoms with Gasteiger partial charge in [-0.25, -0.2) is 4.98 Å². The first-order valence-corrected chi connectivity index (χ1v) is 12.1. The van der Waals surface area contributed by atoms with Gasteiger partial charge in [-0.1, -0.05) is 11.6 Å². The molecule has 30 heavy (non-hydrogen) atoms. The van der Waals surface area contributed by atoms with Crippen molar-refractivity contribution in [1.29, 1.82) is 0 Å². The van der Waals surface area contributed by atoms with E-state index in [2.05, 4.69) is 21.6 Å². The van der Waals surface area contributed by atoms with Gasteiger partial charge in [0.25, 0.3) is 0 Å². The maximum atomic E-state index is 13.4. The van der Waals surface area contributed by atoms with Gasteiger partial charge in [0.1, 0.15) is 5.82 Å². The van der Waals surface area contributed by atoms with Crippen LogP contribution in [0.5, 0.6) is 0 Å². The summed E-state index contributed by atoms with van der Waals surface area (Å²) in [6.07, 6.45) is 9.49. The second-order valence-corrected chi connectivity index (χ2v) is 9.47. The minimum Gasteiger partial charge on any atom is -0.393 e. The Labute approximate surface area is 185 Å². The molecule has 3 heterocycles. The monoisotopic (exact) mass is 434 g/mol. The van der Waals surface area contributed by atoms with E-state index in [1.807, 2.05) is 12.3 Å². The lowest BCUT2D eigenvalue weighted by Crippen LogP contribution is -2.49. The summed E-state index contributed by atoms with van der Waals surface area (Å²) in [4.78, 5) is 24.7. The number of carbonyl (C=O) groups is 1. The Morgan fingerprint density at radius 3 is 2.50 bits per heavy atom. The standard InChI is InChI=1S/C23H35ClN4O2/c1-2-28(18-7-9-20(29)10-8-18)23(30)17-6-5-13-27(16-17)22-21(24)14-19(15-25-22)26-11-3-4-12-26/h14-15,17-18,20,29H,2-13,16H2,1H3/t17-,18-,20-/m0/s1. The molecule has 4 rings (SSSR count). The fraction of sp³-hybridized carbons (Fsp3) is 0.739. The zero-order chi connectivity index (χ0) is 21.1. The highest BCUT2D eigenvalue weighted by atomic mass is 35.5. The lowest BCUT2D eigenvalue weighted by atomic mass is 9.90. The number of pyridine rings is 1. The first kappa shape index (κ1) is 21.7. The molecule has 1 aromatic heterocycles. The Hall–Kier alpha value is -1.53. The number of hydrogen-bond donors (Lipinski definition) is 1. The summed E-state index contributed by atoms with van der Waals surface area (Å²) in [5.74, 6) is 1.05. The number of amides is 1. The van der Waals surface area contributed by atoms with Gasteiger partial charge in [-0.05, 0) is 64.4 Å². The quantitative estimate of drug-likeness (QED) is 0.765. The molecule has 2 aliphatic heterocycles. The number of nitrogens with zero attached hydrogens (tertiary/aromatic N) is 4. The normalized spacial score (nSPS) is 27.4. The molecule has 3 aliphatic rings. The Morgan fingerprint density at radius 2 is 1.83 bits per heavy atom. The highest BCUT2D eigenvalue weighted by Crippen LogP contribution is 2.33. The van der Waals surface area contributed by atoms with Gasteiger partial charge in [-0.3, -0.25) is 4.79 Å². The minimum atomic E-state index is -0.197. The van der Waals surface area contributed by atoms with Gasteiger partial charge in [0.15, 0.2) is 0 Å². The summed E-state index contributed by atoms with van der Waals surface area (Å²) < 4.78 is 0. The average Bonchev–Trinajstić information content (AvgIpc) is 3.30. The summed E-state index contributed by atoms with van der Waals surface area (Å²) in [5, 5.41) is 10.5. The SMILES string of the molecule is CCN(C(=O)[C@H]1CCCN(c2ncc(N3CCCC3)cc2Cl)C1)[C@H]1CC[C@H](O)CC1. The molecule has 1 atom stereocenters. The lowest BCUT2D eigenvalue weighted by molar-refractivity contribution is -0.139. The van der Waals surface area contributed by atoms with Crippen LogP contribution in [0.1, 0.15) is 58.3 Å². The molecule has 1 N–H and O–H groups in total. The zero-order valence-corrected chi connectivity index (χ0v) is 18.9. The number of piperidine rings is 1. The van der Waals surface area contributed by atoms with E-state index in [-0.39, 0.29) is 24.0 Å². The number of carbonyl (C=O) groups excluding carboxylic acids is 1. The minimum absolute atomic E-state index is 0.0123. The second kappa shape index (κ2) is 9.73. The van der Waals surface area contributed by atoms with E-state index in [0.717, 1.165) is 76.2 Å². The number of hydrogen-bond acceptors (Lipinski definition) is 5. The Balaban J connectivity index is 1.43. The summed E-state index contributed by atoms with van der Waals surface area (Å²) in [6, 6.07) is 2.30. The lowest BCUT2D eigenvalue weighted by Gasteiger charge is -2.40. The fourth-order valence-electron chi connectivity index (χ4n) is 5.37. The van der Waals surface area contributed by atoms with Crippen molar-refractivity contribution in [3.05, 3.63) is 17.3 Å². The van der Waals surface area contributed by atoms with E-state index >= 15 is 0 Å². The molecule has 166 valence electrons. The van der Waals surface area contributed by atoms with Crippen molar-refractivity contribution in [1.82, 2.24) is 9.88 Å². The third-order valence-electron chi connectivity index (χ3n) is 7.08. The third-order valence-corrected chi connectivity index (χ3v) is 7.36. The average molecular weight is 435 g/mol. The van der Waals surface area contributed by atoms with E-state index in [0.29, 0.717) is 11.6 Å². The van der Waals surface area contributed by atoms with Crippen molar-refractivity contribution in [2.45, 2.75) is 70.4 Å². The van der Waals surface area contributed by atoms with Crippen molar-refractivity contribution >= 4 is 29.0 Å². The molecule has 2 saturated heterocycles. The number of aliphatic hydroxyl groups is 1. The van der Waals surface area contributed by atoms with Crippen molar-refractivity contribution in [2.75, 3.05) is 42.5 Å². The van der Waals surface area contributed by atoms with E-state index in [9.17, 15) is 9.90 Å². The molecule has 1 aromatic rings. The van der Waals surface area contributed by atoms with Crippen molar-refractivity contribution in [3.63, 3.8) is 0 Å². The Kier molecular flexibility index (Phi) is 7.04. The topological polar surface area (TPSA) is 59.9 Å². The number of anilines is 2. The summed E-state index contributed by atoms with van der Waals surface area (Å²) in [7, 11) is 0. The van der Waals surface area contributed by atoms with Crippen LogP contribution in [0.2, 0.25) is 5.02 Å². The molecule has 1 saturated carbocycles. The maximum Gasteiger partial charge on any atom is 0.227 e. The third kappa shape index (κ3) is 4.70. The van der Waals surface area contributed by atoms with Gasteiger partial charge in [-0.15, -0.1) is 0 Å². The highest BCUT2D eigenvalue weighted by Gasteiger charge is 2.34. The Morgan fingerprint density at radius 1 is 1.13 bits per heavy atom. The molecule has 0 spiro atoms. The predicted octanol–water partition coefficient (Wildman–Crippen LogP) is 3.70. The molecular weight excluding hydrogens is 400 g/mol. The number of aliphatic hydroxyl groups excluding tert-OH is 1. The van der Waals surface area contributed by atoms with Gasteiger partial charge < -0.3 is 19.8 Å². The second-order valence-electron chi connectivity index (χ2n) is 9.06. The number of aromatic nitrogens is 1. The number of rotatable bonds is 5. The molecule has 3 fully saturated rings. The molecule has 6 nitrogen and oxygen atoms in total. The molecule has 7 heteroatoms. The van der Waals surface area contributed by atoms with Gasteiger partial charge in [0, 0.05) is 38.8 Å². The van der Waals surface area contributed by atoms with Crippen molar-refractivity contribution in [3.8, 4) is 0 Å². The van der Waals surface area contributed by atoms with Crippen LogP contribution in [-0.4, -0.2) is 65.8 Å². The first-order valence-electron chi connectivity index (χ1n) is 11.7. The van der Waals surface area contributed by atoms with E-state index in [1.165, 1.54) is 12.8 Å². The highest BCUT2D eigenvalue weighted by molar-refractivity contribution is 6.33. The van der Waals surface area contributed by atoms with Crippen LogP contribution >= 0.6 is 11.6 Å². The predicted molar refractivity (Wildman–Crippen MR) is 121 cm³/mol. The van der Waals surface area contributed by atoms with Gasteiger partial charge in [0.2, 0.25) is 5.91 Å². The molecule has 0 unspecified atom stereocenters. The maximum absolute atomic E-state index is 13.4. The van der Waals surface area contributed by atoms with Crippen LogP contribution < -0.4 is 9.80 Å². The molecule has 0 radical (unpaired) electrons. The van der Waals surface area contributed by atoms with E-state index < -0.39 is 0 Å². The largest absolute Gasteiger partial charge is 0.393 e. The summed E-state index contributed by atoms with van der Waals surface area (Å²) in [5.41, 5.74) is 1.10. The zero-order valence-electron chi connectivity index (χ0n) is 18.1. The summed E-state index contributed by atoms with van der Waals surface area (Å²) in [6.45, 7) is 6.52. The van der Waals surface area contributed by atoms with Crippen LogP contribution in [0.3, 0.4) is 0 Å². The van der Waals surface area contributed by atoms with E-state index in [4.69, 9.17) is 16.6 Å². The molecule has 1 amide bonds. The van der Waals surface area contributed by atoms with E-state index in [1.54, 1.807) is 0 Å². The van der Waals surface area contributed by atoms with Crippen LogP contribution in [0, 0.1) is 5.92 Å². The first-order chi connectivity index (χ1) is 14.6. The summed E-state index contributed by atoms with van der Waals surface area (Å²) >= 11 is 6.64. The van der Waals surface area contributed by atoms with Crippen LogP contribution in [0.25, 0.3) is 0 Å². The van der Waals surface area contributed by atoms with Gasteiger partial charge in [0.05, 0.1) is 28.9 Å². The smallest absolute Gasteiger partial charge is 0.227 e. The van der Waals surface area contributed by atoms with Gasteiger partial charge >= 0.3 is 0 Å². The number of halogens is 1. The molecule has 1 aliphatic carbocycles. The van der Waals surface area contributed by atoms with Crippen LogP contribution in [0.4, 0.5) is 11.5 Å². The van der Waals surface area contributed by atoms with Crippen LogP contribution in [0.15, 0.2) is 12.3 Å². The molecule has 0 aromatic carbocycles. The van der Waals surface area contributed by atoms with Crippen molar-refractivity contribution < 1.29 is 9.90 Å².